The van der Waals surface area contributed by atoms with Gasteiger partial charge >= 0.3 is 0 Å². The summed E-state index contributed by atoms with van der Waals surface area (Å²) in [5.74, 6) is 1.71. The molecule has 0 aliphatic heterocycles. The van der Waals surface area contributed by atoms with Crippen LogP contribution in [0.3, 0.4) is 0 Å². The summed E-state index contributed by atoms with van der Waals surface area (Å²) in [6.45, 7) is 0. The number of pyridine rings is 1. The van der Waals surface area contributed by atoms with E-state index in [1.807, 2.05) is 24.4 Å². The first-order valence-electron chi connectivity index (χ1n) is 7.48. The summed E-state index contributed by atoms with van der Waals surface area (Å²) in [6, 6.07) is 9.46. The van der Waals surface area contributed by atoms with Crippen LogP contribution in [0.25, 0.3) is 22.2 Å². The van der Waals surface area contributed by atoms with E-state index < -0.39 is 0 Å². The van der Waals surface area contributed by atoms with Crippen molar-refractivity contribution in [2.75, 3.05) is 0 Å². The van der Waals surface area contributed by atoms with E-state index in [1.54, 1.807) is 6.07 Å². The molecule has 0 radical (unpaired) electrons. The third-order valence-electron chi connectivity index (χ3n) is 4.37. The molecule has 0 unspecified atom stereocenters. The molecule has 1 fully saturated rings. The van der Waals surface area contributed by atoms with Crippen LogP contribution in [0.5, 0.6) is 0 Å². The summed E-state index contributed by atoms with van der Waals surface area (Å²) in [4.78, 5) is 22.2. The van der Waals surface area contributed by atoms with Crippen molar-refractivity contribution >= 4 is 10.9 Å². The maximum Gasteiger partial charge on any atom is 0.248 e. The van der Waals surface area contributed by atoms with Crippen molar-refractivity contribution in [2.45, 2.75) is 31.6 Å². The Hall–Kier alpha value is -2.36. The Labute approximate surface area is 122 Å². The van der Waals surface area contributed by atoms with Gasteiger partial charge in [0.25, 0.3) is 0 Å². The zero-order valence-electron chi connectivity index (χ0n) is 11.7. The largest absolute Gasteiger partial charge is 0.342 e. The predicted molar refractivity (Wildman–Crippen MR) is 83.4 cm³/mol. The topological polar surface area (TPSA) is 61.5 Å². The number of nitrogens with zero attached hydrogens (tertiary/aromatic N) is 1. The zero-order chi connectivity index (χ0) is 14.2. The normalized spacial score (nSPS) is 15.8. The molecule has 0 amide bonds. The lowest BCUT2D eigenvalue weighted by Crippen LogP contribution is -2.02. The number of imidazole rings is 1. The highest BCUT2D eigenvalue weighted by molar-refractivity contribution is 5.83. The van der Waals surface area contributed by atoms with Crippen molar-refractivity contribution in [3.8, 4) is 11.3 Å². The second kappa shape index (κ2) is 4.88. The van der Waals surface area contributed by atoms with E-state index in [0.717, 1.165) is 28.0 Å². The van der Waals surface area contributed by atoms with Crippen molar-refractivity contribution in [3.63, 3.8) is 0 Å². The number of nitrogens with one attached hydrogen (secondary N) is 2. The van der Waals surface area contributed by atoms with E-state index in [1.165, 1.54) is 25.7 Å². The fourth-order valence-corrected chi connectivity index (χ4v) is 3.21. The molecule has 2 aromatic heterocycles. The number of aromatic nitrogens is 3. The number of H-pyrrole nitrogens is 2. The van der Waals surface area contributed by atoms with Gasteiger partial charge in [-0.2, -0.15) is 0 Å². The number of fused-ring (bicyclic) bond motifs is 1. The molecule has 4 nitrogen and oxygen atoms in total. The van der Waals surface area contributed by atoms with Crippen LogP contribution in [0.4, 0.5) is 0 Å². The Morgan fingerprint density at radius 2 is 1.90 bits per heavy atom. The van der Waals surface area contributed by atoms with Gasteiger partial charge in [0.05, 0.1) is 11.9 Å². The minimum Gasteiger partial charge on any atom is -0.342 e. The summed E-state index contributed by atoms with van der Waals surface area (Å²) in [5.41, 5.74) is 2.94. The van der Waals surface area contributed by atoms with Gasteiger partial charge in [-0.25, -0.2) is 4.98 Å². The molecule has 106 valence electrons. The van der Waals surface area contributed by atoms with E-state index in [2.05, 4.69) is 21.0 Å². The number of hydrogen-bond donors (Lipinski definition) is 2. The molecule has 2 N–H and O–H groups in total. The lowest BCUT2D eigenvalue weighted by atomic mass is 10.1. The number of hydrogen-bond acceptors (Lipinski definition) is 2. The molecule has 1 aliphatic carbocycles. The Balaban J connectivity index is 1.72. The van der Waals surface area contributed by atoms with Gasteiger partial charge in [0.1, 0.15) is 5.82 Å². The van der Waals surface area contributed by atoms with E-state index in [-0.39, 0.29) is 5.56 Å². The van der Waals surface area contributed by atoms with Gasteiger partial charge in [-0.1, -0.05) is 18.9 Å². The zero-order valence-corrected chi connectivity index (χ0v) is 11.7. The van der Waals surface area contributed by atoms with Crippen molar-refractivity contribution in [3.05, 3.63) is 52.7 Å². The van der Waals surface area contributed by atoms with E-state index in [9.17, 15) is 4.79 Å². The van der Waals surface area contributed by atoms with Gasteiger partial charge in [-0.15, -0.1) is 0 Å². The first-order chi connectivity index (χ1) is 10.3. The standard InChI is InChI=1S/C17H17N3O/c21-16-8-6-12-9-13(5-7-14(12)19-16)15-10-18-17(20-15)11-3-1-2-4-11/h5-11H,1-4H2,(H,18,20)(H,19,21). The van der Waals surface area contributed by atoms with E-state index in [4.69, 9.17) is 0 Å². The van der Waals surface area contributed by atoms with Crippen molar-refractivity contribution in [1.29, 1.82) is 0 Å². The predicted octanol–water partition coefficient (Wildman–Crippen LogP) is 3.58. The quantitative estimate of drug-likeness (QED) is 0.753. The molecule has 0 bridgehead atoms. The second-order valence-electron chi connectivity index (χ2n) is 5.79. The van der Waals surface area contributed by atoms with Gasteiger partial charge < -0.3 is 9.97 Å². The first-order valence-corrected chi connectivity index (χ1v) is 7.48. The maximum atomic E-state index is 11.3. The maximum absolute atomic E-state index is 11.3. The lowest BCUT2D eigenvalue weighted by molar-refractivity contribution is 0.679. The van der Waals surface area contributed by atoms with Gasteiger partial charge in [-0.3, -0.25) is 4.79 Å². The van der Waals surface area contributed by atoms with Crippen LogP contribution in [-0.2, 0) is 0 Å². The fourth-order valence-electron chi connectivity index (χ4n) is 3.21. The van der Waals surface area contributed by atoms with Crippen LogP contribution in [0.2, 0.25) is 0 Å². The smallest absolute Gasteiger partial charge is 0.248 e. The average molecular weight is 279 g/mol. The fraction of sp³-hybridized carbons (Fsp3) is 0.294. The molecule has 4 rings (SSSR count). The molecule has 4 heteroatoms. The average Bonchev–Trinajstić information content (AvgIpc) is 3.17. The van der Waals surface area contributed by atoms with Gasteiger partial charge in [0.15, 0.2) is 0 Å². The molecule has 2 heterocycles. The molecule has 1 aromatic carbocycles. The summed E-state index contributed by atoms with van der Waals surface area (Å²) in [7, 11) is 0. The third-order valence-corrected chi connectivity index (χ3v) is 4.37. The number of rotatable bonds is 2. The monoisotopic (exact) mass is 279 g/mol. The van der Waals surface area contributed by atoms with Crippen LogP contribution >= 0.6 is 0 Å². The summed E-state index contributed by atoms with van der Waals surface area (Å²) >= 11 is 0. The van der Waals surface area contributed by atoms with E-state index in [0.29, 0.717) is 5.92 Å². The molecule has 0 spiro atoms. The SMILES string of the molecule is O=c1ccc2cc(-c3cnc(C4CCCC4)[nH]3)ccc2[nH]1. The van der Waals surface area contributed by atoms with Gasteiger partial charge in [-0.05, 0) is 36.4 Å². The molecule has 0 saturated heterocycles. The van der Waals surface area contributed by atoms with Gasteiger partial charge in [0, 0.05) is 23.1 Å². The Morgan fingerprint density at radius 1 is 1.05 bits per heavy atom. The highest BCUT2D eigenvalue weighted by Gasteiger charge is 2.19. The highest BCUT2D eigenvalue weighted by atomic mass is 16.1. The third kappa shape index (κ3) is 2.27. The molecular formula is C17H17N3O. The molecule has 1 aliphatic rings. The summed E-state index contributed by atoms with van der Waals surface area (Å²) in [5, 5.41) is 1.03. The Kier molecular flexibility index (Phi) is 2.88. The van der Waals surface area contributed by atoms with Crippen molar-refractivity contribution < 1.29 is 0 Å². The molecule has 1 saturated carbocycles. The first kappa shape index (κ1) is 12.4. The Bertz CT molecular complexity index is 840. The van der Waals surface area contributed by atoms with Crippen LogP contribution in [0.15, 0.2) is 41.3 Å². The minimum absolute atomic E-state index is 0.0692. The van der Waals surface area contributed by atoms with Crippen molar-refractivity contribution in [1.82, 2.24) is 15.0 Å². The van der Waals surface area contributed by atoms with Crippen LogP contribution < -0.4 is 5.56 Å². The summed E-state index contributed by atoms with van der Waals surface area (Å²) in [6.07, 6.45) is 7.02. The van der Waals surface area contributed by atoms with Crippen LogP contribution in [0, 0.1) is 0 Å². The van der Waals surface area contributed by atoms with E-state index >= 15 is 0 Å². The summed E-state index contributed by atoms with van der Waals surface area (Å²) < 4.78 is 0. The molecule has 21 heavy (non-hydrogen) atoms. The molecule has 0 atom stereocenters. The van der Waals surface area contributed by atoms with Gasteiger partial charge in [0.2, 0.25) is 5.56 Å². The number of aromatic amines is 2. The van der Waals surface area contributed by atoms with Crippen LogP contribution in [-0.4, -0.2) is 15.0 Å². The second-order valence-corrected chi connectivity index (χ2v) is 5.79. The molecular weight excluding hydrogens is 262 g/mol. The lowest BCUT2D eigenvalue weighted by Gasteiger charge is -2.04. The molecule has 3 aromatic rings. The van der Waals surface area contributed by atoms with Crippen LogP contribution in [0.1, 0.15) is 37.4 Å². The highest BCUT2D eigenvalue weighted by Crippen LogP contribution is 2.33. The number of benzene rings is 1. The Morgan fingerprint density at radius 3 is 2.76 bits per heavy atom. The van der Waals surface area contributed by atoms with Crippen molar-refractivity contribution in [2.24, 2.45) is 0 Å². The minimum atomic E-state index is -0.0692.